The third-order valence-electron chi connectivity index (χ3n) is 2.27. The number of unbranched alkanes of at least 4 members (excludes halogenated alkanes) is 1. The molecule has 88 valence electrons. The Morgan fingerprint density at radius 1 is 1.12 bits per heavy atom. The van der Waals surface area contributed by atoms with Gasteiger partial charge in [-0.3, -0.25) is 0 Å². The Hall–Kier alpha value is -1.28. The monoisotopic (exact) mass is 220 g/mol. The molecule has 0 heterocycles. The molecule has 0 aromatic heterocycles. The number of rotatable bonds is 8. The maximum Gasteiger partial charge on any atom is 0.119 e. The summed E-state index contributed by atoms with van der Waals surface area (Å²) in [6.07, 6.45) is 3.91. The van der Waals surface area contributed by atoms with E-state index in [-0.39, 0.29) is 0 Å². The zero-order chi connectivity index (χ0) is 11.6. The minimum absolute atomic E-state index is 0.751. The molecule has 0 amide bonds. The molecule has 2 heteroatoms. The van der Waals surface area contributed by atoms with E-state index in [4.69, 9.17) is 9.47 Å². The van der Waals surface area contributed by atoms with Crippen LogP contribution in [-0.4, -0.2) is 19.8 Å². The first-order chi connectivity index (χ1) is 7.86. The Morgan fingerprint density at radius 2 is 1.81 bits per heavy atom. The van der Waals surface area contributed by atoms with Gasteiger partial charge in [0.25, 0.3) is 0 Å². The Bertz CT molecular complexity index is 290. The van der Waals surface area contributed by atoms with E-state index >= 15 is 0 Å². The Morgan fingerprint density at radius 3 is 2.44 bits per heavy atom. The lowest BCUT2D eigenvalue weighted by Crippen LogP contribution is -2.00. The summed E-state index contributed by atoms with van der Waals surface area (Å²) in [5.41, 5.74) is 1.11. The predicted molar refractivity (Wildman–Crippen MR) is 67.8 cm³/mol. The van der Waals surface area contributed by atoms with Gasteiger partial charge in [0, 0.05) is 13.2 Å². The van der Waals surface area contributed by atoms with Gasteiger partial charge in [0.15, 0.2) is 0 Å². The molecule has 1 rings (SSSR count). The average molecular weight is 220 g/mol. The minimum atomic E-state index is 0.751. The van der Waals surface area contributed by atoms with E-state index in [1.165, 1.54) is 0 Å². The topological polar surface area (TPSA) is 18.5 Å². The summed E-state index contributed by atoms with van der Waals surface area (Å²) in [5, 5.41) is 0. The van der Waals surface area contributed by atoms with Gasteiger partial charge in [-0.2, -0.15) is 0 Å². The highest BCUT2D eigenvalue weighted by Gasteiger charge is 1.93. The second-order valence-electron chi connectivity index (χ2n) is 3.53. The van der Waals surface area contributed by atoms with Crippen molar-refractivity contribution in [3.8, 4) is 5.75 Å². The summed E-state index contributed by atoms with van der Waals surface area (Å²) in [7, 11) is 0. The van der Waals surface area contributed by atoms with Crippen molar-refractivity contribution in [2.75, 3.05) is 19.8 Å². The summed E-state index contributed by atoms with van der Waals surface area (Å²) in [4.78, 5) is 0. The van der Waals surface area contributed by atoms with Gasteiger partial charge in [0.1, 0.15) is 5.75 Å². The lowest BCUT2D eigenvalue weighted by molar-refractivity contribution is 0.138. The van der Waals surface area contributed by atoms with Crippen LogP contribution in [0.2, 0.25) is 0 Å². The molecule has 0 bridgehead atoms. The molecule has 0 aliphatic rings. The highest BCUT2D eigenvalue weighted by Crippen LogP contribution is 2.13. The molecular weight excluding hydrogens is 200 g/mol. The third-order valence-corrected chi connectivity index (χ3v) is 2.27. The van der Waals surface area contributed by atoms with Gasteiger partial charge in [0.05, 0.1) is 6.61 Å². The Balaban J connectivity index is 2.14. The maximum absolute atomic E-state index is 5.60. The Labute approximate surface area is 97.9 Å². The molecule has 0 saturated heterocycles. The van der Waals surface area contributed by atoms with Crippen molar-refractivity contribution >= 4 is 6.08 Å². The van der Waals surface area contributed by atoms with Crippen molar-refractivity contribution in [3.63, 3.8) is 0 Å². The van der Waals surface area contributed by atoms with Crippen LogP contribution in [0, 0.1) is 0 Å². The van der Waals surface area contributed by atoms with Crippen molar-refractivity contribution in [2.45, 2.75) is 19.8 Å². The zero-order valence-corrected chi connectivity index (χ0v) is 9.95. The predicted octanol–water partition coefficient (Wildman–Crippen LogP) is 3.53. The highest BCUT2D eigenvalue weighted by atomic mass is 16.5. The van der Waals surface area contributed by atoms with E-state index in [1.54, 1.807) is 0 Å². The van der Waals surface area contributed by atoms with Crippen molar-refractivity contribution in [3.05, 3.63) is 36.4 Å². The molecule has 0 aliphatic carbocycles. The molecule has 0 radical (unpaired) electrons. The van der Waals surface area contributed by atoms with Crippen LogP contribution >= 0.6 is 0 Å². The van der Waals surface area contributed by atoms with Gasteiger partial charge in [-0.1, -0.05) is 24.8 Å². The number of ether oxygens (including phenoxy) is 2. The molecule has 1 aromatic carbocycles. The van der Waals surface area contributed by atoms with E-state index in [0.717, 1.165) is 44.0 Å². The van der Waals surface area contributed by atoms with Gasteiger partial charge < -0.3 is 9.47 Å². The Kier molecular flexibility index (Phi) is 6.35. The van der Waals surface area contributed by atoms with Crippen molar-refractivity contribution < 1.29 is 9.47 Å². The van der Waals surface area contributed by atoms with E-state index in [1.807, 2.05) is 37.3 Å². The van der Waals surface area contributed by atoms with E-state index in [9.17, 15) is 0 Å². The first kappa shape index (κ1) is 12.8. The minimum Gasteiger partial charge on any atom is -0.494 e. The summed E-state index contributed by atoms with van der Waals surface area (Å²) in [6, 6.07) is 7.95. The van der Waals surface area contributed by atoms with Gasteiger partial charge in [0.2, 0.25) is 0 Å². The van der Waals surface area contributed by atoms with Crippen LogP contribution in [0.1, 0.15) is 25.3 Å². The molecule has 16 heavy (non-hydrogen) atoms. The van der Waals surface area contributed by atoms with Crippen LogP contribution in [0.3, 0.4) is 0 Å². The van der Waals surface area contributed by atoms with E-state index < -0.39 is 0 Å². The van der Waals surface area contributed by atoms with Crippen LogP contribution in [0.5, 0.6) is 5.75 Å². The maximum atomic E-state index is 5.60. The van der Waals surface area contributed by atoms with Crippen molar-refractivity contribution in [1.82, 2.24) is 0 Å². The number of benzene rings is 1. The molecule has 2 nitrogen and oxygen atoms in total. The summed E-state index contributed by atoms with van der Waals surface area (Å²) >= 11 is 0. The second-order valence-corrected chi connectivity index (χ2v) is 3.53. The molecule has 1 aromatic rings. The number of hydrogen-bond acceptors (Lipinski definition) is 2. The van der Waals surface area contributed by atoms with Gasteiger partial charge in [-0.05, 0) is 37.5 Å². The fourth-order valence-corrected chi connectivity index (χ4v) is 1.34. The fourth-order valence-electron chi connectivity index (χ4n) is 1.34. The zero-order valence-electron chi connectivity index (χ0n) is 9.95. The van der Waals surface area contributed by atoms with Crippen LogP contribution in [-0.2, 0) is 4.74 Å². The average Bonchev–Trinajstić information content (AvgIpc) is 2.34. The molecule has 0 saturated carbocycles. The quantitative estimate of drug-likeness (QED) is 0.624. The standard InChI is InChI=1S/C14H20O2/c1-3-13-7-9-14(10-8-13)16-12-6-5-11-15-4-2/h3,7-10H,1,4-6,11-12H2,2H3. The molecule has 0 aliphatic heterocycles. The van der Waals surface area contributed by atoms with Crippen LogP contribution in [0.15, 0.2) is 30.8 Å². The largest absolute Gasteiger partial charge is 0.494 e. The van der Waals surface area contributed by atoms with Crippen LogP contribution in [0.25, 0.3) is 6.08 Å². The first-order valence-electron chi connectivity index (χ1n) is 5.80. The van der Waals surface area contributed by atoms with Gasteiger partial charge in [-0.25, -0.2) is 0 Å². The lowest BCUT2D eigenvalue weighted by atomic mass is 10.2. The molecule has 0 N–H and O–H groups in total. The molecule has 0 spiro atoms. The molecular formula is C14H20O2. The fraction of sp³-hybridized carbons (Fsp3) is 0.429. The normalized spacial score (nSPS) is 10.1. The van der Waals surface area contributed by atoms with E-state index in [0.29, 0.717) is 0 Å². The van der Waals surface area contributed by atoms with Crippen LogP contribution < -0.4 is 4.74 Å². The van der Waals surface area contributed by atoms with Gasteiger partial charge >= 0.3 is 0 Å². The number of hydrogen-bond donors (Lipinski definition) is 0. The van der Waals surface area contributed by atoms with Gasteiger partial charge in [-0.15, -0.1) is 0 Å². The summed E-state index contributed by atoms with van der Waals surface area (Å²) < 4.78 is 10.8. The van der Waals surface area contributed by atoms with Crippen LogP contribution in [0.4, 0.5) is 0 Å². The van der Waals surface area contributed by atoms with Crippen molar-refractivity contribution in [1.29, 1.82) is 0 Å². The summed E-state index contributed by atoms with van der Waals surface area (Å²) in [5.74, 6) is 0.919. The lowest BCUT2D eigenvalue weighted by Gasteiger charge is -2.06. The molecule has 0 atom stereocenters. The first-order valence-corrected chi connectivity index (χ1v) is 5.80. The smallest absolute Gasteiger partial charge is 0.119 e. The van der Waals surface area contributed by atoms with E-state index in [2.05, 4.69) is 6.58 Å². The molecule has 0 fully saturated rings. The summed E-state index contributed by atoms with van der Waals surface area (Å²) in [6.45, 7) is 8.10. The third kappa shape index (κ3) is 4.99. The SMILES string of the molecule is C=Cc1ccc(OCCCCOCC)cc1. The highest BCUT2D eigenvalue weighted by molar-refractivity contribution is 5.48. The van der Waals surface area contributed by atoms with Crippen molar-refractivity contribution in [2.24, 2.45) is 0 Å². The second kappa shape index (κ2) is 7.94. The molecule has 0 unspecified atom stereocenters.